The molecule has 1 aromatic carbocycles. The summed E-state index contributed by atoms with van der Waals surface area (Å²) in [5.41, 5.74) is 2.11. The van der Waals surface area contributed by atoms with Crippen molar-refractivity contribution in [2.24, 2.45) is 0 Å². The molecular weight excluding hydrogens is 390 g/mol. The summed E-state index contributed by atoms with van der Waals surface area (Å²) in [5, 5.41) is 20.4. The molecule has 1 aliphatic rings. The number of hydrogen-bond acceptors (Lipinski definition) is 7. The van der Waals surface area contributed by atoms with Gasteiger partial charge in [0, 0.05) is 11.6 Å². The second-order valence-electron chi connectivity index (χ2n) is 6.96. The number of thioether (sulfide) groups is 1. The van der Waals surface area contributed by atoms with E-state index in [0.717, 1.165) is 21.4 Å². The molecule has 3 heterocycles. The molecule has 0 spiro atoms. The van der Waals surface area contributed by atoms with Crippen molar-refractivity contribution in [2.75, 3.05) is 0 Å². The van der Waals surface area contributed by atoms with Crippen molar-refractivity contribution in [3.63, 3.8) is 0 Å². The van der Waals surface area contributed by atoms with Crippen molar-refractivity contribution in [1.82, 2.24) is 25.0 Å². The minimum atomic E-state index is -0.0102. The number of rotatable bonds is 6. The van der Waals surface area contributed by atoms with E-state index in [0.29, 0.717) is 17.8 Å². The molecule has 28 heavy (non-hydrogen) atoms. The van der Waals surface area contributed by atoms with Crippen LogP contribution in [-0.4, -0.2) is 25.0 Å². The number of benzene rings is 1. The van der Waals surface area contributed by atoms with Gasteiger partial charge in [-0.2, -0.15) is 0 Å². The molecule has 1 fully saturated rings. The standard InChI is InChI=1S/C20H19N5OS2/c1-12-5-3-6-14(11-12)19-23-22-18(26-19)13(2)28-20-24-21-17(16-7-4-10-27-16)25(20)15-8-9-15/h3-7,10-11,13,15H,8-9H2,1-2H3. The van der Waals surface area contributed by atoms with Gasteiger partial charge in [-0.3, -0.25) is 4.57 Å². The lowest BCUT2D eigenvalue weighted by atomic mass is 10.1. The number of aromatic nitrogens is 5. The van der Waals surface area contributed by atoms with Crippen LogP contribution in [0, 0.1) is 6.92 Å². The number of nitrogens with zero attached hydrogens (tertiary/aromatic N) is 5. The normalized spacial score (nSPS) is 15.1. The topological polar surface area (TPSA) is 69.6 Å². The summed E-state index contributed by atoms with van der Waals surface area (Å²) < 4.78 is 8.22. The number of hydrogen-bond donors (Lipinski definition) is 0. The summed E-state index contributed by atoms with van der Waals surface area (Å²) in [4.78, 5) is 1.15. The third kappa shape index (κ3) is 3.38. The van der Waals surface area contributed by atoms with Gasteiger partial charge < -0.3 is 4.42 Å². The Hall–Kier alpha value is -2.45. The lowest BCUT2D eigenvalue weighted by molar-refractivity contribution is 0.508. The van der Waals surface area contributed by atoms with E-state index < -0.39 is 0 Å². The van der Waals surface area contributed by atoms with Gasteiger partial charge in [-0.05, 0) is 50.3 Å². The lowest BCUT2D eigenvalue weighted by Crippen LogP contribution is -2.00. The summed E-state index contributed by atoms with van der Waals surface area (Å²) in [6.45, 7) is 4.12. The van der Waals surface area contributed by atoms with Crippen molar-refractivity contribution < 1.29 is 4.42 Å². The van der Waals surface area contributed by atoms with Crippen LogP contribution in [0.4, 0.5) is 0 Å². The van der Waals surface area contributed by atoms with E-state index in [1.54, 1.807) is 23.1 Å². The Balaban J connectivity index is 1.40. The average molecular weight is 410 g/mol. The van der Waals surface area contributed by atoms with Gasteiger partial charge >= 0.3 is 0 Å². The maximum atomic E-state index is 5.96. The van der Waals surface area contributed by atoms with Gasteiger partial charge in [0.1, 0.15) is 0 Å². The summed E-state index contributed by atoms with van der Waals surface area (Å²) in [5.74, 6) is 2.11. The molecule has 6 nitrogen and oxygen atoms in total. The number of aryl methyl sites for hydroxylation is 1. The van der Waals surface area contributed by atoms with Gasteiger partial charge in [0.2, 0.25) is 11.8 Å². The monoisotopic (exact) mass is 409 g/mol. The molecule has 4 aromatic rings. The SMILES string of the molecule is Cc1cccc(-c2nnc(C(C)Sc3nnc(-c4cccs4)n3C3CC3)o2)c1. The van der Waals surface area contributed by atoms with Crippen LogP contribution in [0.5, 0.6) is 0 Å². The van der Waals surface area contributed by atoms with Crippen LogP contribution in [0.25, 0.3) is 22.2 Å². The second kappa shape index (κ2) is 7.18. The lowest BCUT2D eigenvalue weighted by Gasteiger charge is -2.10. The average Bonchev–Trinajstić information content (AvgIpc) is 3.12. The van der Waals surface area contributed by atoms with Crippen molar-refractivity contribution in [3.8, 4) is 22.2 Å². The first-order valence-corrected chi connectivity index (χ1v) is 11.0. The van der Waals surface area contributed by atoms with E-state index in [1.165, 1.54) is 18.4 Å². The highest BCUT2D eigenvalue weighted by Crippen LogP contribution is 2.44. The van der Waals surface area contributed by atoms with Gasteiger partial charge in [0.05, 0.1) is 10.1 Å². The molecule has 0 bridgehead atoms. The molecule has 8 heteroatoms. The highest BCUT2D eigenvalue weighted by Gasteiger charge is 2.31. The van der Waals surface area contributed by atoms with E-state index in [4.69, 9.17) is 4.42 Å². The van der Waals surface area contributed by atoms with Gasteiger partial charge in [-0.25, -0.2) is 0 Å². The van der Waals surface area contributed by atoms with Crippen molar-refractivity contribution in [1.29, 1.82) is 0 Å². The third-order valence-corrected chi connectivity index (χ3v) is 6.56. The third-order valence-electron chi connectivity index (χ3n) is 4.65. The van der Waals surface area contributed by atoms with E-state index in [-0.39, 0.29) is 5.25 Å². The van der Waals surface area contributed by atoms with Crippen LogP contribution in [0.1, 0.15) is 42.5 Å². The summed E-state index contributed by atoms with van der Waals surface area (Å²) >= 11 is 3.31. The van der Waals surface area contributed by atoms with Crippen LogP contribution >= 0.6 is 23.1 Å². The Morgan fingerprint density at radius 2 is 2.04 bits per heavy atom. The number of thiophene rings is 1. The van der Waals surface area contributed by atoms with E-state index in [2.05, 4.69) is 56.3 Å². The second-order valence-corrected chi connectivity index (χ2v) is 9.22. The molecule has 0 saturated heterocycles. The largest absolute Gasteiger partial charge is 0.419 e. The molecule has 1 atom stereocenters. The Kier molecular flexibility index (Phi) is 4.52. The molecular formula is C20H19N5OS2. The first-order chi connectivity index (χ1) is 13.7. The van der Waals surface area contributed by atoms with E-state index in [9.17, 15) is 0 Å². The molecule has 5 rings (SSSR count). The molecule has 0 amide bonds. The van der Waals surface area contributed by atoms with Gasteiger partial charge in [0.15, 0.2) is 11.0 Å². The summed E-state index contributed by atoms with van der Waals surface area (Å²) in [6, 6.07) is 12.7. The Morgan fingerprint density at radius 1 is 1.14 bits per heavy atom. The quantitative estimate of drug-likeness (QED) is 0.389. The zero-order chi connectivity index (χ0) is 19.1. The highest BCUT2D eigenvalue weighted by atomic mass is 32.2. The highest BCUT2D eigenvalue weighted by molar-refractivity contribution is 7.99. The van der Waals surface area contributed by atoms with Crippen LogP contribution in [-0.2, 0) is 0 Å². The smallest absolute Gasteiger partial charge is 0.247 e. The van der Waals surface area contributed by atoms with Gasteiger partial charge in [0.25, 0.3) is 0 Å². The first kappa shape index (κ1) is 17.6. The van der Waals surface area contributed by atoms with Crippen LogP contribution in [0.15, 0.2) is 51.4 Å². The van der Waals surface area contributed by atoms with Crippen LogP contribution in [0.3, 0.4) is 0 Å². The fraction of sp³-hybridized carbons (Fsp3) is 0.300. The molecule has 0 radical (unpaired) electrons. The minimum Gasteiger partial charge on any atom is -0.419 e. The maximum absolute atomic E-state index is 5.96. The molecule has 0 N–H and O–H groups in total. The van der Waals surface area contributed by atoms with Gasteiger partial charge in [-0.15, -0.1) is 31.7 Å². The predicted octanol–water partition coefficient (Wildman–Crippen LogP) is 5.55. The fourth-order valence-corrected chi connectivity index (χ4v) is 4.75. The zero-order valence-electron chi connectivity index (χ0n) is 15.6. The molecule has 142 valence electrons. The summed E-state index contributed by atoms with van der Waals surface area (Å²) in [7, 11) is 0. The Bertz CT molecular complexity index is 1100. The molecule has 1 aliphatic carbocycles. The first-order valence-electron chi connectivity index (χ1n) is 9.25. The molecule has 1 saturated carbocycles. The molecule has 1 unspecified atom stereocenters. The summed E-state index contributed by atoms with van der Waals surface area (Å²) in [6.07, 6.45) is 2.35. The minimum absolute atomic E-state index is 0.0102. The maximum Gasteiger partial charge on any atom is 0.247 e. The van der Waals surface area contributed by atoms with E-state index >= 15 is 0 Å². The van der Waals surface area contributed by atoms with Crippen molar-refractivity contribution >= 4 is 23.1 Å². The predicted molar refractivity (Wildman–Crippen MR) is 110 cm³/mol. The van der Waals surface area contributed by atoms with Gasteiger partial charge in [-0.1, -0.05) is 35.5 Å². The zero-order valence-corrected chi connectivity index (χ0v) is 17.2. The van der Waals surface area contributed by atoms with Crippen LogP contribution < -0.4 is 0 Å². The van der Waals surface area contributed by atoms with E-state index in [1.807, 2.05) is 24.3 Å². The molecule has 3 aromatic heterocycles. The van der Waals surface area contributed by atoms with Crippen LogP contribution in [0.2, 0.25) is 0 Å². The van der Waals surface area contributed by atoms with Crippen molar-refractivity contribution in [3.05, 3.63) is 53.2 Å². The molecule has 0 aliphatic heterocycles. The Morgan fingerprint density at radius 3 is 2.79 bits per heavy atom. The van der Waals surface area contributed by atoms with Crippen molar-refractivity contribution in [2.45, 2.75) is 43.1 Å². The fourth-order valence-electron chi connectivity index (χ4n) is 3.10. The Labute approximate surface area is 171 Å².